The van der Waals surface area contributed by atoms with E-state index in [4.69, 9.17) is 0 Å². The number of carbonyl (C=O) groups is 1. The van der Waals surface area contributed by atoms with E-state index in [2.05, 4.69) is 32.2 Å². The Labute approximate surface area is 156 Å². The predicted molar refractivity (Wildman–Crippen MR) is 101 cm³/mol. The maximum atomic E-state index is 12.2. The monoisotopic (exact) mass is 380 g/mol. The van der Waals surface area contributed by atoms with Gasteiger partial charge in [0.15, 0.2) is 5.69 Å². The minimum absolute atomic E-state index is 0.207. The molecular weight excluding hydrogens is 356 g/mol. The Morgan fingerprint density at radius 2 is 2.44 bits per heavy atom. The SMILES string of the molecule is CSCc1nc(CNC(=O)c2cn(CC[C@H]3CCCCN3)nn2)cs1. The number of aromatic nitrogens is 4. The lowest BCUT2D eigenvalue weighted by Crippen LogP contribution is -2.34. The first kappa shape index (κ1) is 18.3. The number of aryl methyl sites for hydroxylation is 1. The standard InChI is InChI=1S/C16H24N6OS2/c1-24-11-15-19-13(10-25-15)8-18-16(23)14-9-22(21-20-14)7-5-12-4-2-3-6-17-12/h9-10,12,17H,2-8,11H2,1H3,(H,18,23)/t12-/m1/s1. The van der Waals surface area contributed by atoms with Gasteiger partial charge in [-0.3, -0.25) is 9.48 Å². The minimum atomic E-state index is -0.207. The molecule has 2 N–H and O–H groups in total. The molecule has 1 amide bonds. The molecule has 7 nitrogen and oxygen atoms in total. The topological polar surface area (TPSA) is 84.7 Å². The van der Waals surface area contributed by atoms with Crippen LogP contribution in [0.3, 0.4) is 0 Å². The first-order valence-corrected chi connectivity index (χ1v) is 10.9. The lowest BCUT2D eigenvalue weighted by molar-refractivity contribution is 0.0945. The molecule has 2 aromatic rings. The molecule has 0 unspecified atom stereocenters. The predicted octanol–water partition coefficient (Wildman–Crippen LogP) is 2.06. The quantitative estimate of drug-likeness (QED) is 0.729. The van der Waals surface area contributed by atoms with Crippen molar-refractivity contribution in [1.82, 2.24) is 30.6 Å². The molecule has 0 aromatic carbocycles. The van der Waals surface area contributed by atoms with Gasteiger partial charge in [0.25, 0.3) is 5.91 Å². The van der Waals surface area contributed by atoms with Crippen molar-refractivity contribution in [2.24, 2.45) is 0 Å². The van der Waals surface area contributed by atoms with Crippen molar-refractivity contribution < 1.29 is 4.79 Å². The molecule has 1 aliphatic heterocycles. The van der Waals surface area contributed by atoms with Crippen LogP contribution in [0.2, 0.25) is 0 Å². The Morgan fingerprint density at radius 3 is 3.24 bits per heavy atom. The van der Waals surface area contributed by atoms with Crippen LogP contribution in [-0.4, -0.2) is 44.7 Å². The normalized spacial score (nSPS) is 17.6. The third-order valence-corrected chi connectivity index (χ3v) is 5.83. The third kappa shape index (κ3) is 5.52. The molecule has 0 spiro atoms. The van der Waals surface area contributed by atoms with Crippen molar-refractivity contribution in [3.63, 3.8) is 0 Å². The minimum Gasteiger partial charge on any atom is -0.345 e. The summed E-state index contributed by atoms with van der Waals surface area (Å²) in [4.78, 5) is 16.7. The second-order valence-electron chi connectivity index (χ2n) is 6.15. The van der Waals surface area contributed by atoms with Crippen molar-refractivity contribution >= 4 is 29.0 Å². The van der Waals surface area contributed by atoms with Crippen molar-refractivity contribution in [2.45, 2.75) is 50.6 Å². The molecule has 3 rings (SSSR count). The highest BCUT2D eigenvalue weighted by Gasteiger charge is 2.14. The number of thioether (sulfide) groups is 1. The van der Waals surface area contributed by atoms with Gasteiger partial charge in [-0.05, 0) is 32.1 Å². The molecule has 1 fully saturated rings. The van der Waals surface area contributed by atoms with E-state index < -0.39 is 0 Å². The van der Waals surface area contributed by atoms with E-state index in [-0.39, 0.29) is 5.91 Å². The number of piperidine rings is 1. The second-order valence-corrected chi connectivity index (χ2v) is 7.96. The van der Waals surface area contributed by atoms with Crippen LogP contribution < -0.4 is 10.6 Å². The van der Waals surface area contributed by atoms with Crippen LogP contribution >= 0.6 is 23.1 Å². The van der Waals surface area contributed by atoms with Gasteiger partial charge in [-0.25, -0.2) is 4.98 Å². The highest BCUT2D eigenvalue weighted by Crippen LogP contribution is 2.15. The summed E-state index contributed by atoms with van der Waals surface area (Å²) in [5, 5.41) is 17.5. The van der Waals surface area contributed by atoms with E-state index in [1.807, 2.05) is 5.38 Å². The summed E-state index contributed by atoms with van der Waals surface area (Å²) in [6.45, 7) is 2.30. The van der Waals surface area contributed by atoms with Crippen molar-refractivity contribution in [3.8, 4) is 0 Å². The summed E-state index contributed by atoms with van der Waals surface area (Å²) in [7, 11) is 0. The number of hydrogen-bond donors (Lipinski definition) is 2. The summed E-state index contributed by atoms with van der Waals surface area (Å²) in [6, 6.07) is 0.551. The van der Waals surface area contributed by atoms with Crippen LogP contribution in [0.5, 0.6) is 0 Å². The first-order valence-electron chi connectivity index (χ1n) is 8.58. The summed E-state index contributed by atoms with van der Waals surface area (Å²) in [5.41, 5.74) is 1.24. The number of thiazole rings is 1. The Morgan fingerprint density at radius 1 is 1.52 bits per heavy atom. The number of carbonyl (C=O) groups excluding carboxylic acids is 1. The molecule has 0 saturated carbocycles. The highest BCUT2D eigenvalue weighted by molar-refractivity contribution is 7.97. The largest absolute Gasteiger partial charge is 0.345 e. The van der Waals surface area contributed by atoms with Gasteiger partial charge in [-0.2, -0.15) is 11.8 Å². The number of amides is 1. The van der Waals surface area contributed by atoms with Crippen LogP contribution in [0.15, 0.2) is 11.6 Å². The summed E-state index contributed by atoms with van der Waals surface area (Å²) < 4.78 is 1.75. The number of nitrogens with zero attached hydrogens (tertiary/aromatic N) is 4. The Kier molecular flexibility index (Phi) is 6.83. The fourth-order valence-corrected chi connectivity index (χ4v) is 4.37. The van der Waals surface area contributed by atoms with Gasteiger partial charge < -0.3 is 10.6 Å². The zero-order valence-electron chi connectivity index (χ0n) is 14.4. The lowest BCUT2D eigenvalue weighted by Gasteiger charge is -2.23. The van der Waals surface area contributed by atoms with E-state index in [1.165, 1.54) is 19.3 Å². The van der Waals surface area contributed by atoms with E-state index >= 15 is 0 Å². The van der Waals surface area contributed by atoms with Crippen molar-refractivity contribution in [2.75, 3.05) is 12.8 Å². The first-order chi connectivity index (χ1) is 12.2. The van der Waals surface area contributed by atoms with Gasteiger partial charge in [0.05, 0.1) is 18.4 Å². The molecule has 1 aliphatic rings. The fraction of sp³-hybridized carbons (Fsp3) is 0.625. The molecule has 9 heteroatoms. The molecule has 0 bridgehead atoms. The van der Waals surface area contributed by atoms with Crippen LogP contribution in [0.4, 0.5) is 0 Å². The molecule has 2 aromatic heterocycles. The Bertz CT molecular complexity index is 680. The van der Waals surface area contributed by atoms with Gasteiger partial charge in [-0.15, -0.1) is 16.4 Å². The Balaban J connectivity index is 1.44. The van der Waals surface area contributed by atoms with Crippen molar-refractivity contribution in [3.05, 3.63) is 28.0 Å². The van der Waals surface area contributed by atoms with Crippen LogP contribution in [0.1, 0.15) is 46.9 Å². The molecule has 3 heterocycles. The summed E-state index contributed by atoms with van der Waals surface area (Å²) in [5.74, 6) is 0.699. The summed E-state index contributed by atoms with van der Waals surface area (Å²) in [6.07, 6.45) is 8.56. The highest BCUT2D eigenvalue weighted by atomic mass is 32.2. The van der Waals surface area contributed by atoms with Gasteiger partial charge >= 0.3 is 0 Å². The smallest absolute Gasteiger partial charge is 0.273 e. The lowest BCUT2D eigenvalue weighted by atomic mass is 10.0. The fourth-order valence-electron chi connectivity index (χ4n) is 2.85. The molecular formula is C16H24N6OS2. The number of rotatable bonds is 8. The van der Waals surface area contributed by atoms with Crippen LogP contribution in [0, 0.1) is 0 Å². The number of hydrogen-bond acceptors (Lipinski definition) is 7. The van der Waals surface area contributed by atoms with Gasteiger partial charge in [0, 0.05) is 23.7 Å². The average molecular weight is 381 g/mol. The summed E-state index contributed by atoms with van der Waals surface area (Å²) >= 11 is 3.37. The Hall–Kier alpha value is -1.45. The molecule has 136 valence electrons. The molecule has 1 atom stereocenters. The second kappa shape index (κ2) is 9.30. The molecule has 0 aliphatic carbocycles. The van der Waals surface area contributed by atoms with E-state index in [9.17, 15) is 4.79 Å². The molecule has 25 heavy (non-hydrogen) atoms. The van der Waals surface area contributed by atoms with Gasteiger partial charge in [0.1, 0.15) is 5.01 Å². The average Bonchev–Trinajstić information content (AvgIpc) is 3.29. The zero-order chi connectivity index (χ0) is 17.5. The van der Waals surface area contributed by atoms with Crippen molar-refractivity contribution in [1.29, 1.82) is 0 Å². The number of nitrogens with one attached hydrogen (secondary N) is 2. The maximum Gasteiger partial charge on any atom is 0.273 e. The molecule has 1 saturated heterocycles. The van der Waals surface area contributed by atoms with E-state index in [1.54, 1.807) is 34.0 Å². The van der Waals surface area contributed by atoms with Gasteiger partial charge in [-0.1, -0.05) is 11.6 Å². The molecule has 0 radical (unpaired) electrons. The van der Waals surface area contributed by atoms with Gasteiger partial charge in [0.2, 0.25) is 0 Å². The van der Waals surface area contributed by atoms with Crippen LogP contribution in [-0.2, 0) is 18.8 Å². The third-order valence-electron chi connectivity index (χ3n) is 4.19. The van der Waals surface area contributed by atoms with E-state index in [0.29, 0.717) is 18.3 Å². The maximum absolute atomic E-state index is 12.2. The van der Waals surface area contributed by atoms with E-state index in [0.717, 1.165) is 36.0 Å². The van der Waals surface area contributed by atoms with Crippen LogP contribution in [0.25, 0.3) is 0 Å². The zero-order valence-corrected chi connectivity index (χ0v) is 16.0.